The van der Waals surface area contributed by atoms with E-state index >= 15 is 0 Å². The number of H-pyrrole nitrogens is 1. The average Bonchev–Trinajstić information content (AvgIpc) is 2.66. The number of hydrogen-bond acceptors (Lipinski definition) is 0. The Bertz CT molecular complexity index is 521. The summed E-state index contributed by atoms with van der Waals surface area (Å²) in [7, 11) is 0. The van der Waals surface area contributed by atoms with Gasteiger partial charge in [0.2, 0.25) is 0 Å². The van der Waals surface area contributed by atoms with Gasteiger partial charge in [-0.25, -0.2) is 0 Å². The summed E-state index contributed by atoms with van der Waals surface area (Å²) in [6.07, 6.45) is 5.25. The van der Waals surface area contributed by atoms with Crippen LogP contribution in [0, 0.1) is 11.8 Å². The van der Waals surface area contributed by atoms with Crippen LogP contribution in [0.5, 0.6) is 0 Å². The SMILES string of the molecule is CC(C)CC1CCc2[nH]c3ccccc3c2C1. The maximum Gasteiger partial charge on any atom is 0.0458 e. The van der Waals surface area contributed by atoms with Crippen molar-refractivity contribution in [2.45, 2.75) is 39.5 Å². The van der Waals surface area contributed by atoms with E-state index in [0.717, 1.165) is 11.8 Å². The van der Waals surface area contributed by atoms with Gasteiger partial charge in [0.25, 0.3) is 0 Å². The van der Waals surface area contributed by atoms with Gasteiger partial charge in [-0.15, -0.1) is 0 Å². The van der Waals surface area contributed by atoms with Gasteiger partial charge in [0.05, 0.1) is 0 Å². The van der Waals surface area contributed by atoms with Gasteiger partial charge in [-0.2, -0.15) is 0 Å². The number of rotatable bonds is 2. The lowest BCUT2D eigenvalue weighted by molar-refractivity contribution is 0.369. The van der Waals surface area contributed by atoms with Gasteiger partial charge in [0.15, 0.2) is 0 Å². The molecule has 0 fully saturated rings. The lowest BCUT2D eigenvalue weighted by Crippen LogP contribution is -2.15. The van der Waals surface area contributed by atoms with Crippen molar-refractivity contribution in [2.75, 3.05) is 0 Å². The van der Waals surface area contributed by atoms with Crippen LogP contribution >= 0.6 is 0 Å². The highest BCUT2D eigenvalue weighted by Crippen LogP contribution is 2.34. The van der Waals surface area contributed by atoms with Gasteiger partial charge in [-0.1, -0.05) is 32.0 Å². The summed E-state index contributed by atoms with van der Waals surface area (Å²) in [6.45, 7) is 4.68. The van der Waals surface area contributed by atoms with Gasteiger partial charge < -0.3 is 4.98 Å². The molecule has 1 unspecified atom stereocenters. The van der Waals surface area contributed by atoms with E-state index in [1.54, 1.807) is 5.56 Å². The second-order valence-electron chi connectivity index (χ2n) is 5.87. The minimum atomic E-state index is 0.826. The largest absolute Gasteiger partial charge is 0.358 e. The van der Waals surface area contributed by atoms with Crippen molar-refractivity contribution < 1.29 is 0 Å². The van der Waals surface area contributed by atoms with Crippen molar-refractivity contribution in [2.24, 2.45) is 11.8 Å². The van der Waals surface area contributed by atoms with Gasteiger partial charge >= 0.3 is 0 Å². The number of nitrogens with one attached hydrogen (secondary N) is 1. The molecule has 3 rings (SSSR count). The molecule has 1 heteroatoms. The number of hydrogen-bond donors (Lipinski definition) is 1. The van der Waals surface area contributed by atoms with Crippen molar-refractivity contribution in [3.8, 4) is 0 Å². The summed E-state index contributed by atoms with van der Waals surface area (Å²) in [4.78, 5) is 3.59. The first kappa shape index (κ1) is 10.9. The van der Waals surface area contributed by atoms with Crippen molar-refractivity contribution in [3.05, 3.63) is 35.5 Å². The number of aryl methyl sites for hydroxylation is 1. The fourth-order valence-corrected chi connectivity index (χ4v) is 3.31. The fraction of sp³-hybridized carbons (Fsp3) is 0.500. The molecule has 1 aromatic carbocycles. The molecule has 90 valence electrons. The number of aromatic amines is 1. The summed E-state index contributed by atoms with van der Waals surface area (Å²) >= 11 is 0. The van der Waals surface area contributed by atoms with Crippen LogP contribution in [0.25, 0.3) is 10.9 Å². The first-order valence-corrected chi connectivity index (χ1v) is 6.82. The van der Waals surface area contributed by atoms with Crippen molar-refractivity contribution >= 4 is 10.9 Å². The highest BCUT2D eigenvalue weighted by atomic mass is 14.7. The molecule has 0 radical (unpaired) electrons. The fourth-order valence-electron chi connectivity index (χ4n) is 3.31. The summed E-state index contributed by atoms with van der Waals surface area (Å²) in [6, 6.07) is 8.74. The molecular weight excluding hydrogens is 206 g/mol. The lowest BCUT2D eigenvalue weighted by atomic mass is 9.82. The van der Waals surface area contributed by atoms with Gasteiger partial charge in [-0.3, -0.25) is 0 Å². The Kier molecular flexibility index (Phi) is 2.70. The smallest absolute Gasteiger partial charge is 0.0458 e. The molecule has 0 amide bonds. The number of fused-ring (bicyclic) bond motifs is 3. The molecule has 1 aliphatic carbocycles. The maximum atomic E-state index is 3.59. The second-order valence-corrected chi connectivity index (χ2v) is 5.87. The van der Waals surface area contributed by atoms with Crippen LogP contribution in [0.15, 0.2) is 24.3 Å². The Morgan fingerprint density at radius 3 is 2.94 bits per heavy atom. The Morgan fingerprint density at radius 1 is 1.29 bits per heavy atom. The number of aromatic nitrogens is 1. The third-order valence-corrected chi connectivity index (χ3v) is 4.00. The second kappa shape index (κ2) is 4.21. The van der Waals surface area contributed by atoms with Gasteiger partial charge in [-0.05, 0) is 49.1 Å². The highest BCUT2D eigenvalue weighted by molar-refractivity contribution is 5.84. The Labute approximate surface area is 103 Å². The molecular formula is C16H21N. The molecule has 0 saturated carbocycles. The minimum absolute atomic E-state index is 0.826. The van der Waals surface area contributed by atoms with E-state index in [0.29, 0.717) is 0 Å². The topological polar surface area (TPSA) is 15.8 Å². The summed E-state index contributed by atoms with van der Waals surface area (Å²) in [5.41, 5.74) is 4.41. The first-order chi connectivity index (χ1) is 8.24. The summed E-state index contributed by atoms with van der Waals surface area (Å²) in [5, 5.41) is 1.45. The van der Waals surface area contributed by atoms with Crippen molar-refractivity contribution in [1.29, 1.82) is 0 Å². The van der Waals surface area contributed by atoms with Crippen LogP contribution in [0.1, 0.15) is 37.9 Å². The predicted molar refractivity (Wildman–Crippen MR) is 73.3 cm³/mol. The molecule has 1 heterocycles. The standard InChI is InChI=1S/C16H21N/c1-11(2)9-12-7-8-16-14(10-12)13-5-3-4-6-15(13)17-16/h3-6,11-12,17H,7-10H2,1-2H3. The van der Waals surface area contributed by atoms with Gasteiger partial charge in [0, 0.05) is 16.6 Å². The Hall–Kier alpha value is -1.24. The maximum absolute atomic E-state index is 3.59. The monoisotopic (exact) mass is 227 g/mol. The van der Waals surface area contributed by atoms with E-state index in [1.807, 2.05) is 0 Å². The average molecular weight is 227 g/mol. The van der Waals surface area contributed by atoms with Crippen LogP contribution in [0.4, 0.5) is 0 Å². The van der Waals surface area contributed by atoms with Crippen LogP contribution in [0.3, 0.4) is 0 Å². The number of para-hydroxylation sites is 1. The summed E-state index contributed by atoms with van der Waals surface area (Å²) in [5.74, 6) is 1.72. The van der Waals surface area contributed by atoms with Crippen LogP contribution in [0.2, 0.25) is 0 Å². The Morgan fingerprint density at radius 2 is 2.12 bits per heavy atom. The van der Waals surface area contributed by atoms with E-state index < -0.39 is 0 Å². The van der Waals surface area contributed by atoms with Crippen LogP contribution in [-0.4, -0.2) is 4.98 Å². The molecule has 2 aromatic rings. The third kappa shape index (κ3) is 1.99. The third-order valence-electron chi connectivity index (χ3n) is 4.00. The van der Waals surface area contributed by atoms with Crippen LogP contribution < -0.4 is 0 Å². The Balaban J connectivity index is 1.95. The highest BCUT2D eigenvalue weighted by Gasteiger charge is 2.22. The quantitative estimate of drug-likeness (QED) is 0.786. The van der Waals surface area contributed by atoms with E-state index in [1.165, 1.54) is 42.3 Å². The molecule has 1 aromatic heterocycles. The lowest BCUT2D eigenvalue weighted by Gasteiger charge is -2.23. The zero-order valence-electron chi connectivity index (χ0n) is 10.8. The first-order valence-electron chi connectivity index (χ1n) is 6.82. The molecule has 1 aliphatic rings. The normalized spacial score (nSPS) is 19.8. The molecule has 17 heavy (non-hydrogen) atoms. The summed E-state index contributed by atoms with van der Waals surface area (Å²) < 4.78 is 0. The van der Waals surface area contributed by atoms with E-state index in [9.17, 15) is 0 Å². The van der Waals surface area contributed by atoms with E-state index in [4.69, 9.17) is 0 Å². The minimum Gasteiger partial charge on any atom is -0.358 e. The zero-order valence-corrected chi connectivity index (χ0v) is 10.8. The molecule has 0 bridgehead atoms. The molecule has 1 atom stereocenters. The van der Waals surface area contributed by atoms with E-state index in [-0.39, 0.29) is 0 Å². The predicted octanol–water partition coefficient (Wildman–Crippen LogP) is 4.32. The molecule has 0 saturated heterocycles. The van der Waals surface area contributed by atoms with Gasteiger partial charge in [0.1, 0.15) is 0 Å². The molecule has 0 aliphatic heterocycles. The van der Waals surface area contributed by atoms with Crippen molar-refractivity contribution in [1.82, 2.24) is 4.98 Å². The van der Waals surface area contributed by atoms with Crippen molar-refractivity contribution in [3.63, 3.8) is 0 Å². The van der Waals surface area contributed by atoms with Crippen LogP contribution in [-0.2, 0) is 12.8 Å². The zero-order chi connectivity index (χ0) is 11.8. The number of benzene rings is 1. The molecule has 1 nitrogen and oxygen atoms in total. The molecule has 0 spiro atoms. The van der Waals surface area contributed by atoms with E-state index in [2.05, 4.69) is 43.1 Å². The molecule has 1 N–H and O–H groups in total.